The summed E-state index contributed by atoms with van der Waals surface area (Å²) in [6.45, 7) is 2.29. The first-order chi connectivity index (χ1) is 9.00. The van der Waals surface area contributed by atoms with Crippen LogP contribution < -0.4 is 15.2 Å². The number of benzene rings is 1. The number of nitrogens with two attached hydrogens (primary N) is 1. The largest absolute Gasteiger partial charge is 0.490 e. The zero-order chi connectivity index (χ0) is 14.0. The van der Waals surface area contributed by atoms with Crippen LogP contribution in [0.25, 0.3) is 0 Å². The summed E-state index contributed by atoms with van der Waals surface area (Å²) in [6, 6.07) is 1.65. The van der Waals surface area contributed by atoms with E-state index >= 15 is 0 Å². The van der Waals surface area contributed by atoms with Crippen molar-refractivity contribution in [2.24, 2.45) is 5.73 Å². The van der Waals surface area contributed by atoms with Gasteiger partial charge in [-0.1, -0.05) is 0 Å². The summed E-state index contributed by atoms with van der Waals surface area (Å²) in [6.07, 6.45) is -0.618. The van der Waals surface area contributed by atoms with E-state index in [1.165, 1.54) is 19.1 Å². The average molecular weight is 269 g/mol. The summed E-state index contributed by atoms with van der Waals surface area (Å²) in [4.78, 5) is 11.0. The second-order valence-corrected chi connectivity index (χ2v) is 4.41. The lowest BCUT2D eigenvalue weighted by Crippen LogP contribution is -2.22. The van der Waals surface area contributed by atoms with E-state index in [1.807, 2.05) is 0 Å². The van der Waals surface area contributed by atoms with Crippen molar-refractivity contribution in [3.63, 3.8) is 0 Å². The lowest BCUT2D eigenvalue weighted by Gasteiger charge is -2.17. The van der Waals surface area contributed by atoms with Crippen LogP contribution in [0.2, 0.25) is 0 Å². The van der Waals surface area contributed by atoms with Gasteiger partial charge in [-0.15, -0.1) is 0 Å². The Balaban J connectivity index is 2.51. The van der Waals surface area contributed by atoms with Crippen LogP contribution in [-0.4, -0.2) is 24.3 Å². The van der Waals surface area contributed by atoms with E-state index < -0.39 is 18.2 Å². The molecule has 2 atom stereocenters. The zero-order valence-electron chi connectivity index (χ0n) is 10.6. The van der Waals surface area contributed by atoms with Crippen LogP contribution in [0, 0.1) is 0 Å². The van der Waals surface area contributed by atoms with Crippen molar-refractivity contribution < 1.29 is 23.8 Å². The van der Waals surface area contributed by atoms with E-state index in [-0.39, 0.29) is 11.1 Å². The van der Waals surface area contributed by atoms with Crippen molar-refractivity contribution in [2.45, 2.75) is 25.6 Å². The number of hydrogen-bond acceptors (Lipinski definition) is 4. The number of carbonyl (C=O) groups is 1. The van der Waals surface area contributed by atoms with E-state index in [0.29, 0.717) is 24.7 Å². The first-order valence-electron chi connectivity index (χ1n) is 6.06. The number of aliphatic carboxylic acids is 1. The van der Waals surface area contributed by atoms with Crippen molar-refractivity contribution >= 4 is 5.97 Å². The second kappa shape index (κ2) is 5.44. The smallest absolute Gasteiger partial charge is 0.325 e. The van der Waals surface area contributed by atoms with Gasteiger partial charge in [-0.25, -0.2) is 4.39 Å². The van der Waals surface area contributed by atoms with E-state index in [1.54, 1.807) is 0 Å². The Bertz CT molecular complexity index is 490. The van der Waals surface area contributed by atoms with Crippen LogP contribution in [0.1, 0.15) is 36.7 Å². The van der Waals surface area contributed by atoms with Gasteiger partial charge < -0.3 is 20.3 Å². The molecule has 2 rings (SSSR count). The molecule has 1 aromatic carbocycles. The lowest BCUT2D eigenvalue weighted by molar-refractivity contribution is -0.138. The Morgan fingerprint density at radius 2 is 1.84 bits per heavy atom. The zero-order valence-corrected chi connectivity index (χ0v) is 10.6. The van der Waals surface area contributed by atoms with Crippen molar-refractivity contribution in [1.29, 1.82) is 0 Å². The van der Waals surface area contributed by atoms with E-state index in [4.69, 9.17) is 20.3 Å². The van der Waals surface area contributed by atoms with Crippen LogP contribution in [0.3, 0.4) is 0 Å². The Morgan fingerprint density at radius 1 is 1.32 bits per heavy atom. The molecule has 0 saturated carbocycles. The monoisotopic (exact) mass is 269 g/mol. The maximum atomic E-state index is 13.6. The fourth-order valence-electron chi connectivity index (χ4n) is 1.99. The third kappa shape index (κ3) is 2.78. The first-order valence-corrected chi connectivity index (χ1v) is 6.06. The highest BCUT2D eigenvalue weighted by atomic mass is 19.1. The van der Waals surface area contributed by atoms with Gasteiger partial charge in [0.25, 0.3) is 0 Å². The van der Waals surface area contributed by atoms with Gasteiger partial charge in [0.2, 0.25) is 0 Å². The number of carboxylic acid groups (broad SMARTS) is 1. The molecule has 19 heavy (non-hydrogen) atoms. The highest BCUT2D eigenvalue weighted by Crippen LogP contribution is 2.37. The van der Waals surface area contributed by atoms with Gasteiger partial charge in [-0.2, -0.15) is 0 Å². The summed E-state index contributed by atoms with van der Waals surface area (Å²) in [5.41, 5.74) is 6.02. The molecule has 0 aromatic heterocycles. The van der Waals surface area contributed by atoms with Gasteiger partial charge in [0.05, 0.1) is 13.2 Å². The van der Waals surface area contributed by atoms with E-state index in [0.717, 1.165) is 6.42 Å². The average Bonchev–Trinajstić information content (AvgIpc) is 2.60. The summed E-state index contributed by atoms with van der Waals surface area (Å²) in [5, 5.41) is 8.98. The molecule has 0 bridgehead atoms. The maximum Gasteiger partial charge on any atom is 0.325 e. The quantitative estimate of drug-likeness (QED) is 0.876. The van der Waals surface area contributed by atoms with Crippen LogP contribution in [0.5, 0.6) is 11.5 Å². The molecule has 2 unspecified atom stereocenters. The van der Waals surface area contributed by atoms with E-state index in [9.17, 15) is 9.18 Å². The van der Waals surface area contributed by atoms with Crippen LogP contribution in [-0.2, 0) is 4.79 Å². The summed E-state index contributed by atoms with van der Waals surface area (Å²) in [7, 11) is 0. The fraction of sp³-hybridized carbons (Fsp3) is 0.462. The predicted molar refractivity (Wildman–Crippen MR) is 66.1 cm³/mol. The summed E-state index contributed by atoms with van der Waals surface area (Å²) in [5.74, 6) is -0.372. The predicted octanol–water partition coefficient (Wildman–Crippen LogP) is 1.96. The molecule has 104 valence electrons. The Labute approximate surface area is 110 Å². The Kier molecular flexibility index (Phi) is 3.90. The van der Waals surface area contributed by atoms with Crippen molar-refractivity contribution in [3.8, 4) is 11.5 Å². The van der Waals surface area contributed by atoms with Gasteiger partial charge >= 0.3 is 5.97 Å². The Morgan fingerprint density at radius 3 is 2.32 bits per heavy atom. The van der Waals surface area contributed by atoms with Crippen molar-refractivity contribution in [1.82, 2.24) is 0 Å². The number of hydrogen-bond donors (Lipinski definition) is 2. The maximum absolute atomic E-state index is 13.6. The standard InChI is InChI=1S/C13H16FNO4/c1-7(14)8-5-10-11(19-4-2-3-18-10)6-9(8)12(15)13(16)17/h5-7,12H,2-4,15H2,1H3,(H,16,17). The fourth-order valence-corrected chi connectivity index (χ4v) is 1.99. The second-order valence-electron chi connectivity index (χ2n) is 4.41. The molecule has 6 heteroatoms. The minimum atomic E-state index is -1.34. The number of fused-ring (bicyclic) bond motifs is 1. The number of alkyl halides is 1. The first kappa shape index (κ1) is 13.6. The third-order valence-corrected chi connectivity index (χ3v) is 2.98. The molecule has 1 aromatic rings. The van der Waals surface area contributed by atoms with Gasteiger partial charge in [-0.05, 0) is 30.2 Å². The molecule has 0 spiro atoms. The van der Waals surface area contributed by atoms with Gasteiger partial charge in [0, 0.05) is 6.42 Å². The molecular formula is C13H16FNO4. The van der Waals surface area contributed by atoms with Crippen LogP contribution >= 0.6 is 0 Å². The molecule has 0 fully saturated rings. The SMILES string of the molecule is CC(F)c1cc2c(cc1C(N)C(=O)O)OCCCO2. The molecule has 0 saturated heterocycles. The topological polar surface area (TPSA) is 81.8 Å². The van der Waals surface area contributed by atoms with Gasteiger partial charge in [0.1, 0.15) is 12.2 Å². The number of halogens is 1. The Hall–Kier alpha value is -1.82. The van der Waals surface area contributed by atoms with Gasteiger partial charge in [0.15, 0.2) is 11.5 Å². The highest BCUT2D eigenvalue weighted by Gasteiger charge is 2.24. The normalized spacial score (nSPS) is 17.4. The minimum absolute atomic E-state index is 0.215. The molecule has 0 amide bonds. The van der Waals surface area contributed by atoms with Crippen molar-refractivity contribution in [3.05, 3.63) is 23.3 Å². The summed E-state index contributed by atoms with van der Waals surface area (Å²) >= 11 is 0. The molecule has 1 aliphatic rings. The molecule has 0 radical (unpaired) electrons. The molecular weight excluding hydrogens is 253 g/mol. The molecule has 1 aliphatic heterocycles. The number of rotatable bonds is 3. The number of ether oxygens (including phenoxy) is 2. The van der Waals surface area contributed by atoms with E-state index in [2.05, 4.69) is 0 Å². The van der Waals surface area contributed by atoms with Gasteiger partial charge in [-0.3, -0.25) is 4.79 Å². The molecule has 0 aliphatic carbocycles. The molecule has 5 nitrogen and oxygen atoms in total. The third-order valence-electron chi connectivity index (χ3n) is 2.98. The minimum Gasteiger partial charge on any atom is -0.490 e. The highest BCUT2D eigenvalue weighted by molar-refractivity contribution is 5.76. The number of carboxylic acids is 1. The summed E-state index contributed by atoms with van der Waals surface area (Å²) < 4.78 is 24.6. The van der Waals surface area contributed by atoms with Crippen molar-refractivity contribution in [2.75, 3.05) is 13.2 Å². The van der Waals surface area contributed by atoms with Crippen LogP contribution in [0.4, 0.5) is 4.39 Å². The van der Waals surface area contributed by atoms with Crippen LogP contribution in [0.15, 0.2) is 12.1 Å². The lowest BCUT2D eigenvalue weighted by atomic mass is 9.97. The molecule has 3 N–H and O–H groups in total. The molecule has 1 heterocycles.